The molecule has 25 heavy (non-hydrogen) atoms. The normalized spacial score (nSPS) is 13.6. The predicted octanol–water partition coefficient (Wildman–Crippen LogP) is 3.71. The Bertz CT molecular complexity index is 916. The van der Waals surface area contributed by atoms with E-state index in [0.717, 1.165) is 5.56 Å². The molecule has 0 aromatic heterocycles. The van der Waals surface area contributed by atoms with E-state index >= 15 is 0 Å². The van der Waals surface area contributed by atoms with Crippen LogP contribution in [0.25, 0.3) is 0 Å². The number of nitrogens with one attached hydrogen (secondary N) is 1. The van der Waals surface area contributed by atoms with Gasteiger partial charge in [0.05, 0.1) is 27.2 Å². The monoisotopic (exact) mass is 398 g/mol. The Kier molecular flexibility index (Phi) is 5.22. The van der Waals surface area contributed by atoms with Gasteiger partial charge in [0.25, 0.3) is 0 Å². The number of carbonyl (C=O) groups excluding carboxylic acids is 1. The van der Waals surface area contributed by atoms with E-state index in [-0.39, 0.29) is 17.2 Å². The number of nitrogens with zero attached hydrogens (tertiary/aromatic N) is 1. The average Bonchev–Trinajstić information content (AvgIpc) is 3.02. The van der Waals surface area contributed by atoms with E-state index in [0.29, 0.717) is 29.4 Å². The van der Waals surface area contributed by atoms with E-state index in [1.807, 2.05) is 12.1 Å². The van der Waals surface area contributed by atoms with E-state index in [1.165, 1.54) is 4.31 Å². The molecule has 1 heterocycles. The topological polar surface area (TPSA) is 66.5 Å². The molecular weight excluding hydrogens is 383 g/mol. The van der Waals surface area contributed by atoms with Crippen LogP contribution in [0.15, 0.2) is 42.5 Å². The zero-order chi connectivity index (χ0) is 18.0. The number of carbonyl (C=O) groups is 1. The fourth-order valence-corrected chi connectivity index (χ4v) is 4.60. The van der Waals surface area contributed by atoms with Gasteiger partial charge in [-0.25, -0.2) is 8.42 Å². The Hall–Kier alpha value is -1.76. The number of rotatable bonds is 5. The summed E-state index contributed by atoms with van der Waals surface area (Å²) >= 11 is 11.9. The van der Waals surface area contributed by atoms with Gasteiger partial charge >= 0.3 is 0 Å². The average molecular weight is 399 g/mol. The number of hydrogen-bond donors (Lipinski definition) is 1. The van der Waals surface area contributed by atoms with Crippen molar-refractivity contribution in [2.45, 2.75) is 12.8 Å². The summed E-state index contributed by atoms with van der Waals surface area (Å²) < 4.78 is 26.5. The van der Waals surface area contributed by atoms with Gasteiger partial charge in [-0.2, -0.15) is 0 Å². The maximum atomic E-state index is 12.6. The SMILES string of the molecule is O=C(CCS(=O)(=O)N1CCc2ccccc21)Nc1cccc(Cl)c1Cl. The van der Waals surface area contributed by atoms with Crippen molar-refractivity contribution in [2.24, 2.45) is 0 Å². The van der Waals surface area contributed by atoms with Crippen molar-refractivity contribution in [3.63, 3.8) is 0 Å². The molecular formula is C17H16Cl2N2O3S. The Morgan fingerprint density at radius 1 is 1.12 bits per heavy atom. The highest BCUT2D eigenvalue weighted by atomic mass is 35.5. The van der Waals surface area contributed by atoms with E-state index in [2.05, 4.69) is 5.32 Å². The van der Waals surface area contributed by atoms with Gasteiger partial charge in [0.15, 0.2) is 0 Å². The molecule has 0 spiro atoms. The van der Waals surface area contributed by atoms with Crippen LogP contribution in [0, 0.1) is 0 Å². The minimum atomic E-state index is -3.57. The molecule has 8 heteroatoms. The number of benzene rings is 2. The van der Waals surface area contributed by atoms with Crippen molar-refractivity contribution in [2.75, 3.05) is 21.9 Å². The number of para-hydroxylation sites is 1. The lowest BCUT2D eigenvalue weighted by molar-refractivity contribution is -0.115. The number of sulfonamides is 1. The van der Waals surface area contributed by atoms with Gasteiger partial charge in [0, 0.05) is 13.0 Å². The van der Waals surface area contributed by atoms with Gasteiger partial charge in [-0.1, -0.05) is 47.5 Å². The van der Waals surface area contributed by atoms with Crippen molar-refractivity contribution in [1.29, 1.82) is 0 Å². The number of anilines is 2. The highest BCUT2D eigenvalue weighted by Gasteiger charge is 2.29. The molecule has 1 aliphatic rings. The first-order chi connectivity index (χ1) is 11.9. The minimum Gasteiger partial charge on any atom is -0.325 e. The Morgan fingerprint density at radius 3 is 2.68 bits per heavy atom. The first kappa shape index (κ1) is 18.0. The molecule has 0 fully saturated rings. The van der Waals surface area contributed by atoms with Crippen molar-refractivity contribution in [1.82, 2.24) is 0 Å². The zero-order valence-corrected chi connectivity index (χ0v) is 15.5. The number of amides is 1. The van der Waals surface area contributed by atoms with Crippen molar-refractivity contribution in [3.8, 4) is 0 Å². The summed E-state index contributed by atoms with van der Waals surface area (Å²) in [5.41, 5.74) is 2.06. The van der Waals surface area contributed by atoms with Gasteiger partial charge < -0.3 is 5.32 Å². The van der Waals surface area contributed by atoms with Gasteiger partial charge in [-0.05, 0) is 30.2 Å². The van der Waals surface area contributed by atoms with E-state index < -0.39 is 15.9 Å². The molecule has 5 nitrogen and oxygen atoms in total. The zero-order valence-electron chi connectivity index (χ0n) is 13.2. The molecule has 3 rings (SSSR count). The Morgan fingerprint density at radius 2 is 1.88 bits per heavy atom. The number of hydrogen-bond acceptors (Lipinski definition) is 3. The maximum absolute atomic E-state index is 12.6. The highest BCUT2D eigenvalue weighted by molar-refractivity contribution is 7.92. The third-order valence-corrected chi connectivity index (χ3v) is 6.58. The third-order valence-electron chi connectivity index (χ3n) is 3.99. The van der Waals surface area contributed by atoms with E-state index in [4.69, 9.17) is 23.2 Å². The largest absolute Gasteiger partial charge is 0.325 e. The van der Waals surface area contributed by atoms with E-state index in [9.17, 15) is 13.2 Å². The molecule has 1 amide bonds. The van der Waals surface area contributed by atoms with Crippen LogP contribution in [0.3, 0.4) is 0 Å². The van der Waals surface area contributed by atoms with Crippen LogP contribution in [0.5, 0.6) is 0 Å². The third kappa shape index (κ3) is 3.92. The fraction of sp³-hybridized carbons (Fsp3) is 0.235. The smallest absolute Gasteiger partial charge is 0.235 e. The molecule has 0 radical (unpaired) electrons. The van der Waals surface area contributed by atoms with Crippen LogP contribution in [0.2, 0.25) is 10.0 Å². The van der Waals surface area contributed by atoms with Gasteiger partial charge in [0.1, 0.15) is 0 Å². The van der Waals surface area contributed by atoms with Crippen LogP contribution in [-0.4, -0.2) is 26.6 Å². The summed E-state index contributed by atoms with van der Waals surface area (Å²) in [5, 5.41) is 3.15. The standard InChI is InChI=1S/C17H16Cl2N2O3S/c18-13-5-3-6-14(17(13)19)20-16(22)9-11-25(23,24)21-10-8-12-4-1-2-7-15(12)21/h1-7H,8-11H2,(H,20,22). The second-order valence-electron chi connectivity index (χ2n) is 5.67. The summed E-state index contributed by atoms with van der Waals surface area (Å²) in [4.78, 5) is 12.1. The summed E-state index contributed by atoms with van der Waals surface area (Å²) in [5.74, 6) is -0.703. The van der Waals surface area contributed by atoms with Gasteiger partial charge in [0.2, 0.25) is 15.9 Å². The summed E-state index contributed by atoms with van der Waals surface area (Å²) in [6.45, 7) is 0.406. The fourth-order valence-electron chi connectivity index (χ4n) is 2.74. The Labute approximate surface area is 156 Å². The number of halogens is 2. The maximum Gasteiger partial charge on any atom is 0.235 e. The minimum absolute atomic E-state index is 0.163. The first-order valence-electron chi connectivity index (χ1n) is 7.70. The molecule has 1 N–H and O–H groups in total. The first-order valence-corrected chi connectivity index (χ1v) is 10.1. The lowest BCUT2D eigenvalue weighted by Crippen LogP contribution is -2.32. The molecule has 0 saturated heterocycles. The summed E-state index contributed by atoms with van der Waals surface area (Å²) in [6, 6.07) is 12.3. The second-order valence-corrected chi connectivity index (χ2v) is 8.46. The molecule has 0 atom stereocenters. The predicted molar refractivity (Wildman–Crippen MR) is 101 cm³/mol. The molecule has 2 aromatic rings. The molecule has 0 unspecified atom stereocenters. The van der Waals surface area contributed by atoms with Crippen LogP contribution < -0.4 is 9.62 Å². The lowest BCUT2D eigenvalue weighted by atomic mass is 10.2. The summed E-state index contributed by atoms with van der Waals surface area (Å²) in [7, 11) is -3.57. The summed E-state index contributed by atoms with van der Waals surface area (Å²) in [6.07, 6.45) is 0.517. The molecule has 132 valence electrons. The van der Waals surface area contributed by atoms with Crippen LogP contribution in [-0.2, 0) is 21.2 Å². The molecule has 0 aliphatic carbocycles. The van der Waals surface area contributed by atoms with Crippen molar-refractivity contribution < 1.29 is 13.2 Å². The molecule has 2 aromatic carbocycles. The quantitative estimate of drug-likeness (QED) is 0.834. The van der Waals surface area contributed by atoms with Crippen molar-refractivity contribution in [3.05, 3.63) is 58.1 Å². The molecule has 0 bridgehead atoms. The Balaban J connectivity index is 1.65. The second kappa shape index (κ2) is 7.23. The molecule has 0 saturated carbocycles. The van der Waals surface area contributed by atoms with E-state index in [1.54, 1.807) is 30.3 Å². The van der Waals surface area contributed by atoms with Gasteiger partial charge in [-0.3, -0.25) is 9.10 Å². The van der Waals surface area contributed by atoms with Crippen LogP contribution in [0.4, 0.5) is 11.4 Å². The highest BCUT2D eigenvalue weighted by Crippen LogP contribution is 2.31. The van der Waals surface area contributed by atoms with Crippen molar-refractivity contribution >= 4 is 50.5 Å². The lowest BCUT2D eigenvalue weighted by Gasteiger charge is -2.19. The molecule has 1 aliphatic heterocycles. The number of fused-ring (bicyclic) bond motifs is 1. The van der Waals surface area contributed by atoms with Gasteiger partial charge in [-0.15, -0.1) is 0 Å². The van der Waals surface area contributed by atoms with Crippen LogP contribution >= 0.6 is 23.2 Å². The van der Waals surface area contributed by atoms with Crippen LogP contribution in [0.1, 0.15) is 12.0 Å².